The van der Waals surface area contributed by atoms with E-state index in [0.717, 1.165) is 32.1 Å². The monoisotopic (exact) mass is 349 g/mol. The predicted octanol–water partition coefficient (Wildman–Crippen LogP) is 2.86. The highest BCUT2D eigenvalue weighted by Gasteiger charge is 2.32. The Morgan fingerprint density at radius 2 is 2.16 bits per heavy atom. The summed E-state index contributed by atoms with van der Waals surface area (Å²) >= 11 is 0. The van der Waals surface area contributed by atoms with Gasteiger partial charge in [-0.05, 0) is 38.0 Å². The summed E-state index contributed by atoms with van der Waals surface area (Å²) in [5.74, 6) is 1.60. The molecule has 0 saturated heterocycles. The lowest BCUT2D eigenvalue weighted by Crippen LogP contribution is -2.44. The van der Waals surface area contributed by atoms with E-state index in [1.54, 1.807) is 6.07 Å². The van der Waals surface area contributed by atoms with Gasteiger partial charge in [0.25, 0.3) is 5.91 Å². The fourth-order valence-electron chi connectivity index (χ4n) is 3.78. The zero-order chi connectivity index (χ0) is 18.4. The van der Waals surface area contributed by atoms with Crippen molar-refractivity contribution in [1.82, 2.24) is 10.5 Å². The summed E-state index contributed by atoms with van der Waals surface area (Å²) < 4.78 is 5.11. The molecule has 6 nitrogen and oxygen atoms in total. The van der Waals surface area contributed by atoms with E-state index in [-0.39, 0.29) is 23.8 Å². The number of carbonyl (C=O) groups is 2. The summed E-state index contributed by atoms with van der Waals surface area (Å²) in [5, 5.41) is 6.95. The summed E-state index contributed by atoms with van der Waals surface area (Å²) in [6.07, 6.45) is 5.62. The molecule has 1 saturated carbocycles. The number of carbonyl (C=O) groups excluding carboxylic acids is 2. The lowest BCUT2D eigenvalue weighted by atomic mass is 9.74. The van der Waals surface area contributed by atoms with Gasteiger partial charge in [0.1, 0.15) is 11.5 Å². The average molecular weight is 349 g/mol. The SMILES string of the molecule is CCc1cc(C(=O)N[C@H]2CC[C@H](CC(=O)C[C@@H](C)N)C[C@H]2CC)no1. The molecule has 1 aromatic heterocycles. The quantitative estimate of drug-likeness (QED) is 0.752. The van der Waals surface area contributed by atoms with E-state index in [0.29, 0.717) is 36.1 Å². The molecule has 4 atom stereocenters. The third kappa shape index (κ3) is 5.66. The highest BCUT2D eigenvalue weighted by atomic mass is 16.5. The molecule has 1 heterocycles. The number of hydrogen-bond donors (Lipinski definition) is 2. The number of aryl methyl sites for hydroxylation is 1. The van der Waals surface area contributed by atoms with Crippen LogP contribution < -0.4 is 11.1 Å². The molecule has 0 bridgehead atoms. The Morgan fingerprint density at radius 1 is 1.40 bits per heavy atom. The zero-order valence-electron chi connectivity index (χ0n) is 15.6. The van der Waals surface area contributed by atoms with Gasteiger partial charge in [0.2, 0.25) is 0 Å². The maximum absolute atomic E-state index is 12.4. The second kappa shape index (κ2) is 9.13. The van der Waals surface area contributed by atoms with Gasteiger partial charge in [-0.3, -0.25) is 9.59 Å². The van der Waals surface area contributed by atoms with Crippen LogP contribution in [0.1, 0.15) is 75.5 Å². The van der Waals surface area contributed by atoms with Crippen LogP contribution in [0.15, 0.2) is 10.6 Å². The Morgan fingerprint density at radius 3 is 2.76 bits per heavy atom. The second-order valence-electron chi connectivity index (χ2n) is 7.38. The summed E-state index contributed by atoms with van der Waals surface area (Å²) in [6, 6.07) is 1.77. The van der Waals surface area contributed by atoms with Gasteiger partial charge >= 0.3 is 0 Å². The van der Waals surface area contributed by atoms with E-state index in [9.17, 15) is 9.59 Å². The van der Waals surface area contributed by atoms with Crippen molar-refractivity contribution < 1.29 is 14.1 Å². The van der Waals surface area contributed by atoms with Crippen molar-refractivity contribution in [2.75, 3.05) is 0 Å². The van der Waals surface area contributed by atoms with Crippen LogP contribution in [0.5, 0.6) is 0 Å². The molecule has 3 N–H and O–H groups in total. The standard InChI is InChI=1S/C19H31N3O3/c1-4-14-9-13(10-15(23)8-12(3)20)6-7-17(14)21-19(24)18-11-16(5-2)25-22-18/h11-14,17H,4-10,20H2,1-3H3,(H,21,24)/t12-,13+,14-,17+/m1/s1. The highest BCUT2D eigenvalue weighted by Crippen LogP contribution is 2.34. The number of ketones is 1. The molecule has 1 fully saturated rings. The number of amides is 1. The minimum absolute atomic E-state index is 0.0689. The number of nitrogens with one attached hydrogen (secondary N) is 1. The van der Waals surface area contributed by atoms with Gasteiger partial charge in [0.05, 0.1) is 0 Å². The van der Waals surface area contributed by atoms with E-state index in [4.69, 9.17) is 10.3 Å². The first-order valence-corrected chi connectivity index (χ1v) is 9.46. The van der Waals surface area contributed by atoms with Gasteiger partial charge in [0, 0.05) is 37.4 Å². The molecule has 0 radical (unpaired) electrons. The van der Waals surface area contributed by atoms with Crippen molar-refractivity contribution in [3.8, 4) is 0 Å². The molecule has 1 aliphatic carbocycles. The van der Waals surface area contributed by atoms with Crippen LogP contribution >= 0.6 is 0 Å². The summed E-state index contributed by atoms with van der Waals surface area (Å²) in [6.45, 7) is 5.97. The van der Waals surface area contributed by atoms with E-state index < -0.39 is 0 Å². The number of aromatic nitrogens is 1. The number of Topliss-reactive ketones (excluding diaryl/α,β-unsaturated/α-hetero) is 1. The normalized spacial score (nSPS) is 24.7. The van der Waals surface area contributed by atoms with E-state index in [2.05, 4.69) is 17.4 Å². The van der Waals surface area contributed by atoms with Crippen LogP contribution in [0, 0.1) is 11.8 Å². The van der Waals surface area contributed by atoms with Crippen molar-refractivity contribution in [1.29, 1.82) is 0 Å². The zero-order valence-corrected chi connectivity index (χ0v) is 15.6. The minimum atomic E-state index is -0.168. The Balaban J connectivity index is 1.88. The molecule has 25 heavy (non-hydrogen) atoms. The van der Waals surface area contributed by atoms with Gasteiger partial charge in [-0.25, -0.2) is 0 Å². The topological polar surface area (TPSA) is 98.2 Å². The first-order valence-electron chi connectivity index (χ1n) is 9.46. The van der Waals surface area contributed by atoms with Crippen LogP contribution in [0.25, 0.3) is 0 Å². The van der Waals surface area contributed by atoms with Gasteiger partial charge in [0.15, 0.2) is 5.69 Å². The molecule has 1 aromatic rings. The Kier molecular flexibility index (Phi) is 7.17. The molecule has 0 unspecified atom stereocenters. The Labute approximate surface area is 149 Å². The first kappa shape index (κ1) is 19.6. The number of nitrogens with two attached hydrogens (primary N) is 1. The van der Waals surface area contributed by atoms with Gasteiger partial charge < -0.3 is 15.6 Å². The van der Waals surface area contributed by atoms with Crippen LogP contribution in [0.2, 0.25) is 0 Å². The third-order valence-corrected chi connectivity index (χ3v) is 5.14. The average Bonchev–Trinajstić information content (AvgIpc) is 3.04. The summed E-state index contributed by atoms with van der Waals surface area (Å²) in [7, 11) is 0. The molecular weight excluding hydrogens is 318 g/mol. The van der Waals surface area contributed by atoms with Crippen LogP contribution in [-0.4, -0.2) is 28.9 Å². The fraction of sp³-hybridized carbons (Fsp3) is 0.737. The maximum atomic E-state index is 12.4. The predicted molar refractivity (Wildman–Crippen MR) is 96.1 cm³/mol. The van der Waals surface area contributed by atoms with Crippen molar-refractivity contribution in [3.05, 3.63) is 17.5 Å². The first-order chi connectivity index (χ1) is 11.9. The van der Waals surface area contributed by atoms with Crippen LogP contribution in [-0.2, 0) is 11.2 Å². The molecule has 1 aliphatic rings. The van der Waals surface area contributed by atoms with Crippen molar-refractivity contribution in [2.24, 2.45) is 17.6 Å². The molecule has 0 spiro atoms. The van der Waals surface area contributed by atoms with Crippen molar-refractivity contribution in [3.63, 3.8) is 0 Å². The van der Waals surface area contributed by atoms with Gasteiger partial charge in [-0.15, -0.1) is 0 Å². The number of rotatable bonds is 8. The lowest BCUT2D eigenvalue weighted by Gasteiger charge is -2.36. The van der Waals surface area contributed by atoms with E-state index >= 15 is 0 Å². The molecule has 1 amide bonds. The minimum Gasteiger partial charge on any atom is -0.361 e. The third-order valence-electron chi connectivity index (χ3n) is 5.14. The van der Waals surface area contributed by atoms with Gasteiger partial charge in [-0.2, -0.15) is 0 Å². The van der Waals surface area contributed by atoms with Crippen LogP contribution in [0.3, 0.4) is 0 Å². The van der Waals surface area contributed by atoms with Gasteiger partial charge in [-0.1, -0.05) is 25.4 Å². The molecule has 6 heteroatoms. The fourth-order valence-corrected chi connectivity index (χ4v) is 3.78. The Hall–Kier alpha value is -1.69. The summed E-state index contributed by atoms with van der Waals surface area (Å²) in [4.78, 5) is 24.4. The molecule has 140 valence electrons. The number of nitrogens with zero attached hydrogens (tertiary/aromatic N) is 1. The lowest BCUT2D eigenvalue weighted by molar-refractivity contribution is -0.120. The Bertz CT molecular complexity index is 582. The van der Waals surface area contributed by atoms with E-state index in [1.165, 1.54) is 0 Å². The van der Waals surface area contributed by atoms with Crippen LogP contribution in [0.4, 0.5) is 0 Å². The maximum Gasteiger partial charge on any atom is 0.273 e. The summed E-state index contributed by atoms with van der Waals surface area (Å²) in [5.41, 5.74) is 6.06. The molecular formula is C19H31N3O3. The number of hydrogen-bond acceptors (Lipinski definition) is 5. The van der Waals surface area contributed by atoms with Crippen molar-refractivity contribution in [2.45, 2.75) is 77.8 Å². The smallest absolute Gasteiger partial charge is 0.273 e. The molecule has 2 rings (SSSR count). The molecule has 0 aromatic carbocycles. The highest BCUT2D eigenvalue weighted by molar-refractivity contribution is 5.92. The molecule has 0 aliphatic heterocycles. The largest absolute Gasteiger partial charge is 0.361 e. The second-order valence-corrected chi connectivity index (χ2v) is 7.38. The van der Waals surface area contributed by atoms with Crippen molar-refractivity contribution >= 4 is 11.7 Å². The van der Waals surface area contributed by atoms with E-state index in [1.807, 2.05) is 13.8 Å².